The van der Waals surface area contributed by atoms with Crippen molar-refractivity contribution in [3.63, 3.8) is 0 Å². The van der Waals surface area contributed by atoms with Crippen LogP contribution in [0.1, 0.15) is 12.6 Å². The second-order valence-corrected chi connectivity index (χ2v) is 6.46. The highest BCUT2D eigenvalue weighted by atomic mass is 35.5. The van der Waals surface area contributed by atoms with Gasteiger partial charge in [-0.25, -0.2) is 13.8 Å². The van der Waals surface area contributed by atoms with Crippen LogP contribution in [0.15, 0.2) is 53.3 Å². The molecule has 0 spiro atoms. The van der Waals surface area contributed by atoms with Crippen LogP contribution in [0.4, 0.5) is 14.5 Å². The van der Waals surface area contributed by atoms with Crippen LogP contribution in [-0.4, -0.2) is 15.5 Å². The van der Waals surface area contributed by atoms with Crippen LogP contribution in [0.25, 0.3) is 11.4 Å². The Bertz CT molecular complexity index is 1080. The summed E-state index contributed by atoms with van der Waals surface area (Å²) in [6.45, 7) is 1.46. The van der Waals surface area contributed by atoms with Gasteiger partial charge in [-0.2, -0.15) is 0 Å². The Hall–Kier alpha value is -3.06. The lowest BCUT2D eigenvalue weighted by molar-refractivity contribution is -0.116. The van der Waals surface area contributed by atoms with E-state index in [1.807, 2.05) is 6.92 Å². The van der Waals surface area contributed by atoms with Crippen molar-refractivity contribution in [2.75, 3.05) is 5.32 Å². The molecule has 2 aromatic carbocycles. The van der Waals surface area contributed by atoms with Crippen molar-refractivity contribution in [1.82, 2.24) is 9.55 Å². The summed E-state index contributed by atoms with van der Waals surface area (Å²) in [5, 5.41) is 2.61. The smallest absolute Gasteiger partial charge is 0.254 e. The van der Waals surface area contributed by atoms with Crippen molar-refractivity contribution in [3.05, 3.63) is 81.2 Å². The zero-order valence-electron chi connectivity index (χ0n) is 14.9. The number of aryl methyl sites for hydroxylation is 1. The van der Waals surface area contributed by atoms with E-state index in [0.29, 0.717) is 17.7 Å². The minimum atomic E-state index is -0.689. The topological polar surface area (TPSA) is 64.0 Å². The summed E-state index contributed by atoms with van der Waals surface area (Å²) in [6, 6.07) is 10.6. The van der Waals surface area contributed by atoms with Crippen LogP contribution in [0, 0.1) is 11.6 Å². The highest BCUT2D eigenvalue weighted by Gasteiger charge is 2.15. The Morgan fingerprint density at radius 1 is 1.14 bits per heavy atom. The molecule has 1 heterocycles. The lowest BCUT2D eigenvalue weighted by atomic mass is 10.2. The van der Waals surface area contributed by atoms with Gasteiger partial charge in [0.25, 0.3) is 5.56 Å². The van der Waals surface area contributed by atoms with E-state index >= 15 is 0 Å². The molecule has 3 aromatic rings. The first-order valence-electron chi connectivity index (χ1n) is 8.49. The Morgan fingerprint density at radius 3 is 2.50 bits per heavy atom. The molecular formula is C20H16ClF2N3O2. The van der Waals surface area contributed by atoms with E-state index in [0.717, 1.165) is 10.6 Å². The van der Waals surface area contributed by atoms with Gasteiger partial charge in [0, 0.05) is 22.3 Å². The first-order valence-corrected chi connectivity index (χ1v) is 8.86. The van der Waals surface area contributed by atoms with Crippen LogP contribution in [-0.2, 0) is 17.8 Å². The summed E-state index contributed by atoms with van der Waals surface area (Å²) >= 11 is 5.70. The van der Waals surface area contributed by atoms with E-state index in [4.69, 9.17) is 11.6 Å². The lowest BCUT2D eigenvalue weighted by Gasteiger charge is -2.14. The Kier molecular flexibility index (Phi) is 5.84. The second-order valence-electron chi connectivity index (χ2n) is 6.03. The molecule has 1 amide bonds. The molecule has 3 rings (SSSR count). The van der Waals surface area contributed by atoms with Gasteiger partial charge in [-0.15, -0.1) is 0 Å². The summed E-state index contributed by atoms with van der Waals surface area (Å²) in [7, 11) is 0. The maximum atomic E-state index is 13.9. The zero-order valence-corrected chi connectivity index (χ0v) is 15.6. The largest absolute Gasteiger partial charge is 0.322 e. The fourth-order valence-electron chi connectivity index (χ4n) is 2.63. The predicted molar refractivity (Wildman–Crippen MR) is 103 cm³/mol. The summed E-state index contributed by atoms with van der Waals surface area (Å²) in [5.41, 5.74) is 0.547. The van der Waals surface area contributed by atoms with Gasteiger partial charge in [0.2, 0.25) is 5.91 Å². The fourth-order valence-corrected chi connectivity index (χ4v) is 2.79. The molecule has 144 valence electrons. The number of hydrogen-bond donors (Lipinski definition) is 1. The molecule has 0 saturated carbocycles. The Labute approximate surface area is 164 Å². The van der Waals surface area contributed by atoms with Crippen LogP contribution < -0.4 is 10.9 Å². The average Bonchev–Trinajstić information content (AvgIpc) is 2.66. The quantitative estimate of drug-likeness (QED) is 0.699. The molecule has 0 bridgehead atoms. The molecule has 0 radical (unpaired) electrons. The summed E-state index contributed by atoms with van der Waals surface area (Å²) in [6.07, 6.45) is 0.520. The number of nitrogens with one attached hydrogen (secondary N) is 1. The molecule has 0 aliphatic heterocycles. The third kappa shape index (κ3) is 4.43. The number of amides is 1. The van der Waals surface area contributed by atoms with Crippen molar-refractivity contribution in [3.8, 4) is 11.4 Å². The molecule has 0 fully saturated rings. The molecule has 0 unspecified atom stereocenters. The van der Waals surface area contributed by atoms with Crippen LogP contribution in [0.5, 0.6) is 0 Å². The fraction of sp³-hybridized carbons (Fsp3) is 0.150. The number of rotatable bonds is 5. The van der Waals surface area contributed by atoms with E-state index in [1.54, 1.807) is 0 Å². The first-order chi connectivity index (χ1) is 13.4. The van der Waals surface area contributed by atoms with E-state index < -0.39 is 23.1 Å². The van der Waals surface area contributed by atoms with Crippen molar-refractivity contribution in [2.24, 2.45) is 0 Å². The van der Waals surface area contributed by atoms with Crippen LogP contribution in [0.3, 0.4) is 0 Å². The van der Waals surface area contributed by atoms with E-state index in [1.165, 1.54) is 42.5 Å². The Balaban J connectivity index is 1.95. The third-order valence-corrected chi connectivity index (χ3v) is 4.27. The van der Waals surface area contributed by atoms with Crippen molar-refractivity contribution >= 4 is 23.2 Å². The maximum Gasteiger partial charge on any atom is 0.254 e. The number of hydrogen-bond acceptors (Lipinski definition) is 3. The zero-order chi connectivity index (χ0) is 20.3. The second kappa shape index (κ2) is 8.31. The van der Waals surface area contributed by atoms with Gasteiger partial charge in [0.15, 0.2) is 0 Å². The molecule has 0 atom stereocenters. The molecular weight excluding hydrogens is 388 g/mol. The van der Waals surface area contributed by atoms with Gasteiger partial charge in [0.05, 0.1) is 5.69 Å². The van der Waals surface area contributed by atoms with Gasteiger partial charge in [-0.05, 0) is 48.9 Å². The molecule has 0 saturated heterocycles. The van der Waals surface area contributed by atoms with Crippen LogP contribution in [0.2, 0.25) is 5.02 Å². The monoisotopic (exact) mass is 403 g/mol. The number of aromatic nitrogens is 2. The average molecular weight is 404 g/mol. The number of carbonyl (C=O) groups excluding carboxylic acids is 1. The van der Waals surface area contributed by atoms with Gasteiger partial charge >= 0.3 is 0 Å². The standard InChI is InChI=1S/C20H16ClF2N3O2/c1-2-15-10-19(28)26(20(24-15)12-3-6-14(22)7-4-12)11-18(27)25-17-8-5-13(21)9-16(17)23/h3-10H,2,11H2,1H3,(H,25,27). The molecule has 28 heavy (non-hydrogen) atoms. The number of nitrogens with zero attached hydrogens (tertiary/aromatic N) is 2. The van der Waals surface area contributed by atoms with E-state index in [-0.39, 0.29) is 23.1 Å². The molecule has 0 aliphatic carbocycles. The molecule has 8 heteroatoms. The Morgan fingerprint density at radius 2 is 1.86 bits per heavy atom. The van der Waals surface area contributed by atoms with Gasteiger partial charge < -0.3 is 5.32 Å². The summed E-state index contributed by atoms with van der Waals surface area (Å²) in [5.74, 6) is -1.50. The molecule has 5 nitrogen and oxygen atoms in total. The van der Waals surface area contributed by atoms with Crippen molar-refractivity contribution in [2.45, 2.75) is 19.9 Å². The van der Waals surface area contributed by atoms with Gasteiger partial charge in [0.1, 0.15) is 24.0 Å². The van der Waals surface area contributed by atoms with Gasteiger partial charge in [-0.3, -0.25) is 14.2 Å². The first kappa shape index (κ1) is 19.7. The lowest BCUT2D eigenvalue weighted by Crippen LogP contribution is -2.30. The number of benzene rings is 2. The highest BCUT2D eigenvalue weighted by Crippen LogP contribution is 2.20. The summed E-state index contributed by atoms with van der Waals surface area (Å²) in [4.78, 5) is 29.4. The number of anilines is 1. The normalized spacial score (nSPS) is 10.7. The third-order valence-electron chi connectivity index (χ3n) is 4.03. The van der Waals surface area contributed by atoms with Crippen molar-refractivity contribution < 1.29 is 13.6 Å². The molecule has 1 aromatic heterocycles. The van der Waals surface area contributed by atoms with E-state index in [9.17, 15) is 18.4 Å². The SMILES string of the molecule is CCc1cc(=O)n(CC(=O)Nc2ccc(Cl)cc2F)c(-c2ccc(F)cc2)n1. The van der Waals surface area contributed by atoms with E-state index in [2.05, 4.69) is 10.3 Å². The summed E-state index contributed by atoms with van der Waals surface area (Å²) < 4.78 is 28.3. The minimum absolute atomic E-state index is 0.0519. The maximum absolute atomic E-state index is 13.9. The molecule has 1 N–H and O–H groups in total. The number of halogens is 3. The molecule has 0 aliphatic rings. The number of carbonyl (C=O) groups is 1. The predicted octanol–water partition coefficient (Wildman–Crippen LogP) is 4.04. The van der Waals surface area contributed by atoms with Crippen LogP contribution >= 0.6 is 11.6 Å². The minimum Gasteiger partial charge on any atom is -0.322 e. The highest BCUT2D eigenvalue weighted by molar-refractivity contribution is 6.30. The van der Waals surface area contributed by atoms with Gasteiger partial charge in [-0.1, -0.05) is 18.5 Å². The van der Waals surface area contributed by atoms with Crippen molar-refractivity contribution in [1.29, 1.82) is 0 Å².